The van der Waals surface area contributed by atoms with Crippen molar-refractivity contribution in [1.82, 2.24) is 0 Å². The first-order valence-electron chi connectivity index (χ1n) is 5.00. The maximum absolute atomic E-state index is 11.3. The van der Waals surface area contributed by atoms with Crippen LogP contribution in [0.2, 0.25) is 0 Å². The number of amides is 1. The number of hydrogen-bond donors (Lipinski definition) is 3. The highest BCUT2D eigenvalue weighted by molar-refractivity contribution is 5.93. The van der Waals surface area contributed by atoms with Gasteiger partial charge in [-0.15, -0.1) is 0 Å². The monoisotopic (exact) mass is 255 g/mol. The van der Waals surface area contributed by atoms with E-state index >= 15 is 0 Å². The number of anilines is 1. The first-order chi connectivity index (χ1) is 8.43. The van der Waals surface area contributed by atoms with Gasteiger partial charge in [0.25, 0.3) is 0 Å². The van der Waals surface area contributed by atoms with Gasteiger partial charge in [-0.2, -0.15) is 0 Å². The number of methoxy groups -OCH3 is 1. The summed E-state index contributed by atoms with van der Waals surface area (Å²) in [6.07, 6.45) is -1.51. The Balaban J connectivity index is 2.76. The lowest BCUT2D eigenvalue weighted by atomic mass is 10.2. The zero-order valence-electron chi connectivity index (χ0n) is 9.84. The van der Waals surface area contributed by atoms with Crippen LogP contribution < -0.4 is 5.32 Å². The predicted octanol–water partition coefficient (Wildman–Crippen LogP) is 1.63. The Labute approximate surface area is 103 Å². The van der Waals surface area contributed by atoms with Crippen molar-refractivity contribution in [2.45, 2.75) is 13.2 Å². The third-order valence-corrected chi connectivity index (χ3v) is 2.08. The van der Waals surface area contributed by atoms with Gasteiger partial charge in [0.15, 0.2) is 0 Å². The molecule has 1 unspecified atom stereocenters. The minimum Gasteiger partial charge on any atom is -0.507 e. The van der Waals surface area contributed by atoms with Gasteiger partial charge in [-0.05, 0) is 25.1 Å². The fourth-order valence-electron chi connectivity index (χ4n) is 1.13. The second kappa shape index (κ2) is 5.87. The van der Waals surface area contributed by atoms with Crippen molar-refractivity contribution >= 4 is 17.7 Å². The van der Waals surface area contributed by atoms with Gasteiger partial charge in [0.2, 0.25) is 6.29 Å². The number of carbonyl (C=O) groups excluding carboxylic acids is 1. The Hall–Kier alpha value is -2.28. The number of carbonyl (C=O) groups is 2. The molecule has 0 bridgehead atoms. The number of ether oxygens (including phenoxy) is 2. The highest BCUT2D eigenvalue weighted by Crippen LogP contribution is 2.21. The normalized spacial score (nSPS) is 11.7. The standard InChI is InChI=1S/C11H13NO6/c1-6(17-2)18-11(16)12-7-3-4-9(13)8(5-7)10(14)15/h3-6,13H,1-2H3,(H,12,16)(H,14,15). The minimum atomic E-state index is -1.30. The molecule has 0 aliphatic heterocycles. The fraction of sp³-hybridized carbons (Fsp3) is 0.273. The second-order valence-corrected chi connectivity index (χ2v) is 3.37. The summed E-state index contributed by atoms with van der Waals surface area (Å²) in [7, 11) is 1.38. The molecule has 0 aliphatic rings. The Kier molecular flexibility index (Phi) is 4.50. The van der Waals surface area contributed by atoms with Crippen LogP contribution in [-0.4, -0.2) is 35.7 Å². The van der Waals surface area contributed by atoms with Crippen molar-refractivity contribution in [2.75, 3.05) is 12.4 Å². The van der Waals surface area contributed by atoms with Gasteiger partial charge >= 0.3 is 12.1 Å². The molecule has 1 aromatic carbocycles. The van der Waals surface area contributed by atoms with E-state index in [-0.39, 0.29) is 17.0 Å². The van der Waals surface area contributed by atoms with Crippen molar-refractivity contribution in [1.29, 1.82) is 0 Å². The summed E-state index contributed by atoms with van der Waals surface area (Å²) >= 11 is 0. The first-order valence-corrected chi connectivity index (χ1v) is 5.00. The van der Waals surface area contributed by atoms with Crippen LogP contribution in [0, 0.1) is 0 Å². The molecule has 0 aliphatic carbocycles. The van der Waals surface area contributed by atoms with E-state index in [2.05, 4.69) is 5.32 Å². The van der Waals surface area contributed by atoms with E-state index in [1.54, 1.807) is 0 Å². The molecule has 1 rings (SSSR count). The van der Waals surface area contributed by atoms with Crippen molar-refractivity contribution in [3.8, 4) is 5.75 Å². The largest absolute Gasteiger partial charge is 0.507 e. The van der Waals surface area contributed by atoms with Gasteiger partial charge < -0.3 is 19.7 Å². The highest BCUT2D eigenvalue weighted by atomic mass is 16.7. The zero-order valence-corrected chi connectivity index (χ0v) is 9.84. The molecule has 0 saturated carbocycles. The van der Waals surface area contributed by atoms with Gasteiger partial charge in [0, 0.05) is 12.8 Å². The first kappa shape index (κ1) is 13.8. The maximum atomic E-state index is 11.3. The fourth-order valence-corrected chi connectivity index (χ4v) is 1.13. The average molecular weight is 255 g/mol. The summed E-state index contributed by atoms with van der Waals surface area (Å²) in [5, 5.41) is 20.4. The van der Waals surface area contributed by atoms with Crippen molar-refractivity contribution in [3.63, 3.8) is 0 Å². The van der Waals surface area contributed by atoms with Crippen LogP contribution in [0.25, 0.3) is 0 Å². The van der Waals surface area contributed by atoms with E-state index in [0.29, 0.717) is 0 Å². The van der Waals surface area contributed by atoms with E-state index in [0.717, 1.165) is 6.07 Å². The van der Waals surface area contributed by atoms with Crippen molar-refractivity contribution in [3.05, 3.63) is 23.8 Å². The van der Waals surface area contributed by atoms with Gasteiger partial charge in [-0.25, -0.2) is 9.59 Å². The molecule has 18 heavy (non-hydrogen) atoms. The summed E-state index contributed by atoms with van der Waals surface area (Å²) in [5.74, 6) is -1.68. The summed E-state index contributed by atoms with van der Waals surface area (Å²) in [5.41, 5.74) is -0.119. The Morgan fingerprint density at radius 3 is 2.61 bits per heavy atom. The lowest BCUT2D eigenvalue weighted by Crippen LogP contribution is -2.21. The number of aromatic hydroxyl groups is 1. The smallest absolute Gasteiger partial charge is 0.413 e. The molecule has 0 fully saturated rings. The highest BCUT2D eigenvalue weighted by Gasteiger charge is 2.13. The topological polar surface area (TPSA) is 105 Å². The van der Waals surface area contributed by atoms with Gasteiger partial charge in [0.1, 0.15) is 11.3 Å². The lowest BCUT2D eigenvalue weighted by molar-refractivity contribution is -0.0629. The average Bonchev–Trinajstić information content (AvgIpc) is 2.31. The van der Waals surface area contributed by atoms with Crippen LogP contribution in [0.5, 0.6) is 5.75 Å². The lowest BCUT2D eigenvalue weighted by Gasteiger charge is -2.12. The van der Waals surface area contributed by atoms with E-state index in [1.165, 1.54) is 26.2 Å². The SMILES string of the molecule is COC(C)OC(=O)Nc1ccc(O)c(C(=O)O)c1. The Morgan fingerprint density at radius 2 is 2.06 bits per heavy atom. The van der Waals surface area contributed by atoms with E-state index in [4.69, 9.17) is 14.6 Å². The molecule has 1 aromatic rings. The number of carboxylic acid groups (broad SMARTS) is 1. The number of hydrogen-bond acceptors (Lipinski definition) is 5. The molecular weight excluding hydrogens is 242 g/mol. The number of aromatic carboxylic acids is 1. The third kappa shape index (κ3) is 3.63. The van der Waals surface area contributed by atoms with Crippen molar-refractivity contribution < 1.29 is 29.3 Å². The van der Waals surface area contributed by atoms with Crippen LogP contribution >= 0.6 is 0 Å². The molecule has 0 spiro atoms. The molecule has 3 N–H and O–H groups in total. The third-order valence-electron chi connectivity index (χ3n) is 2.08. The van der Waals surface area contributed by atoms with Crippen LogP contribution in [0.4, 0.5) is 10.5 Å². The van der Waals surface area contributed by atoms with Gasteiger partial charge in [-0.3, -0.25) is 5.32 Å². The maximum Gasteiger partial charge on any atom is 0.413 e. The number of nitrogens with one attached hydrogen (secondary N) is 1. The summed E-state index contributed by atoms with van der Waals surface area (Å²) in [6.45, 7) is 1.53. The Morgan fingerprint density at radius 1 is 1.39 bits per heavy atom. The van der Waals surface area contributed by atoms with Crippen LogP contribution in [-0.2, 0) is 9.47 Å². The summed E-state index contributed by atoms with van der Waals surface area (Å²) in [6, 6.07) is 3.63. The number of rotatable bonds is 4. The quantitative estimate of drug-likeness (QED) is 0.557. The molecule has 0 heterocycles. The molecule has 0 saturated heterocycles. The molecule has 1 atom stereocenters. The molecule has 0 radical (unpaired) electrons. The number of phenols is 1. The Bertz CT molecular complexity index is 459. The van der Waals surface area contributed by atoms with Crippen LogP contribution in [0.1, 0.15) is 17.3 Å². The van der Waals surface area contributed by atoms with Crippen LogP contribution in [0.3, 0.4) is 0 Å². The molecule has 7 nitrogen and oxygen atoms in total. The summed E-state index contributed by atoms with van der Waals surface area (Å²) < 4.78 is 9.47. The van der Waals surface area contributed by atoms with E-state index in [1.807, 2.05) is 0 Å². The van der Waals surface area contributed by atoms with Gasteiger partial charge in [-0.1, -0.05) is 0 Å². The number of benzene rings is 1. The number of carboxylic acids is 1. The molecule has 1 amide bonds. The van der Waals surface area contributed by atoms with Crippen LogP contribution in [0.15, 0.2) is 18.2 Å². The molecule has 0 aromatic heterocycles. The zero-order chi connectivity index (χ0) is 13.7. The van der Waals surface area contributed by atoms with E-state index in [9.17, 15) is 14.7 Å². The minimum absolute atomic E-state index is 0.193. The van der Waals surface area contributed by atoms with Gasteiger partial charge in [0.05, 0.1) is 0 Å². The molecule has 98 valence electrons. The predicted molar refractivity (Wildman–Crippen MR) is 61.6 cm³/mol. The molecular formula is C11H13NO6. The van der Waals surface area contributed by atoms with E-state index < -0.39 is 18.4 Å². The summed E-state index contributed by atoms with van der Waals surface area (Å²) in [4.78, 5) is 22.1. The van der Waals surface area contributed by atoms with Crippen molar-refractivity contribution in [2.24, 2.45) is 0 Å². The molecule has 7 heteroatoms. The second-order valence-electron chi connectivity index (χ2n) is 3.37.